The Kier molecular flexibility index (Phi) is 7.18. The van der Waals surface area contributed by atoms with Gasteiger partial charge in [0, 0.05) is 12.6 Å². The highest BCUT2D eigenvalue weighted by Crippen LogP contribution is 2.22. The number of methoxy groups -OCH3 is 1. The van der Waals surface area contributed by atoms with E-state index in [0.29, 0.717) is 30.8 Å². The lowest BCUT2D eigenvalue weighted by molar-refractivity contribution is -0.119. The summed E-state index contributed by atoms with van der Waals surface area (Å²) in [5.41, 5.74) is 1.33. The number of nitrogens with zero attached hydrogens (tertiary/aromatic N) is 1. The standard InChI is InChI=1S/C19H23FN2O4S/c1-26-18-7-3-6-17(13-18)22(27(2,24)25)14-19(23)21-12-4-5-15-8-10-16(20)11-9-15/h3,6-11,13H,4-5,12,14H2,1-2H3,(H,21,23). The van der Waals surface area contributed by atoms with Crippen LogP contribution in [0.2, 0.25) is 0 Å². The van der Waals surface area contributed by atoms with E-state index >= 15 is 0 Å². The van der Waals surface area contributed by atoms with E-state index in [1.54, 1.807) is 36.4 Å². The average Bonchev–Trinajstić information content (AvgIpc) is 2.64. The molecule has 0 unspecified atom stereocenters. The van der Waals surface area contributed by atoms with Crippen molar-refractivity contribution in [1.29, 1.82) is 0 Å². The van der Waals surface area contributed by atoms with Crippen LogP contribution < -0.4 is 14.4 Å². The van der Waals surface area contributed by atoms with Crippen molar-refractivity contribution < 1.29 is 22.3 Å². The van der Waals surface area contributed by atoms with Crippen LogP contribution in [-0.4, -0.2) is 40.8 Å². The normalized spacial score (nSPS) is 11.1. The lowest BCUT2D eigenvalue weighted by Crippen LogP contribution is -2.40. The van der Waals surface area contributed by atoms with Gasteiger partial charge in [0.25, 0.3) is 0 Å². The number of anilines is 1. The van der Waals surface area contributed by atoms with E-state index in [0.717, 1.165) is 16.1 Å². The predicted octanol–water partition coefficient (Wildman–Crippen LogP) is 2.35. The molecule has 0 atom stereocenters. The number of carbonyl (C=O) groups excluding carboxylic acids is 1. The summed E-state index contributed by atoms with van der Waals surface area (Å²) in [6.45, 7) is 0.0778. The number of halogens is 1. The Morgan fingerprint density at radius 2 is 1.89 bits per heavy atom. The Hall–Kier alpha value is -2.61. The second-order valence-corrected chi connectivity index (χ2v) is 7.96. The van der Waals surface area contributed by atoms with Crippen LogP contribution in [-0.2, 0) is 21.2 Å². The molecule has 0 heterocycles. The third-order valence-electron chi connectivity index (χ3n) is 3.91. The second-order valence-electron chi connectivity index (χ2n) is 6.05. The highest BCUT2D eigenvalue weighted by molar-refractivity contribution is 7.92. The molecule has 2 rings (SSSR count). The van der Waals surface area contributed by atoms with Gasteiger partial charge in [-0.05, 0) is 42.7 Å². The third-order valence-corrected chi connectivity index (χ3v) is 5.05. The van der Waals surface area contributed by atoms with Crippen LogP contribution in [0.1, 0.15) is 12.0 Å². The van der Waals surface area contributed by atoms with Gasteiger partial charge in [-0.1, -0.05) is 18.2 Å². The summed E-state index contributed by atoms with van der Waals surface area (Å²) in [7, 11) is -2.15. The van der Waals surface area contributed by atoms with Crippen molar-refractivity contribution in [3.05, 3.63) is 59.9 Å². The quantitative estimate of drug-likeness (QED) is 0.663. The topological polar surface area (TPSA) is 75.7 Å². The maximum Gasteiger partial charge on any atom is 0.240 e. The summed E-state index contributed by atoms with van der Waals surface area (Å²) in [6.07, 6.45) is 2.40. The van der Waals surface area contributed by atoms with Crippen molar-refractivity contribution in [3.63, 3.8) is 0 Å². The number of rotatable bonds is 9. The molecule has 1 amide bonds. The van der Waals surface area contributed by atoms with Crippen LogP contribution in [0.4, 0.5) is 10.1 Å². The molecule has 0 bridgehead atoms. The van der Waals surface area contributed by atoms with Crippen molar-refractivity contribution in [2.24, 2.45) is 0 Å². The number of hydrogen-bond donors (Lipinski definition) is 1. The molecule has 0 saturated heterocycles. The minimum absolute atomic E-state index is 0.287. The summed E-state index contributed by atoms with van der Waals surface area (Å²) in [6, 6.07) is 12.7. The summed E-state index contributed by atoms with van der Waals surface area (Å²) in [4.78, 5) is 12.2. The number of amides is 1. The molecule has 0 aromatic heterocycles. The fourth-order valence-electron chi connectivity index (χ4n) is 2.52. The number of hydrogen-bond acceptors (Lipinski definition) is 4. The SMILES string of the molecule is COc1cccc(N(CC(=O)NCCCc2ccc(F)cc2)S(C)(=O)=O)c1. The zero-order valence-corrected chi connectivity index (χ0v) is 16.1. The van der Waals surface area contributed by atoms with E-state index in [-0.39, 0.29) is 12.4 Å². The molecule has 0 saturated carbocycles. The third kappa shape index (κ3) is 6.56. The molecular formula is C19H23FN2O4S. The van der Waals surface area contributed by atoms with Crippen LogP contribution >= 0.6 is 0 Å². The number of nitrogens with one attached hydrogen (secondary N) is 1. The van der Waals surface area contributed by atoms with Gasteiger partial charge in [-0.2, -0.15) is 0 Å². The number of ether oxygens (including phenoxy) is 1. The summed E-state index contributed by atoms with van der Waals surface area (Å²) < 4.78 is 43.2. The Morgan fingerprint density at radius 3 is 2.52 bits per heavy atom. The van der Waals surface area contributed by atoms with E-state index in [2.05, 4.69) is 5.32 Å². The fraction of sp³-hybridized carbons (Fsp3) is 0.316. The Morgan fingerprint density at radius 1 is 1.19 bits per heavy atom. The molecule has 0 radical (unpaired) electrons. The smallest absolute Gasteiger partial charge is 0.240 e. The van der Waals surface area contributed by atoms with Crippen LogP contribution in [0.15, 0.2) is 48.5 Å². The number of carbonyl (C=O) groups is 1. The van der Waals surface area contributed by atoms with Gasteiger partial charge in [0.15, 0.2) is 0 Å². The largest absolute Gasteiger partial charge is 0.497 e. The molecule has 2 aromatic rings. The molecular weight excluding hydrogens is 371 g/mol. The maximum absolute atomic E-state index is 12.9. The van der Waals surface area contributed by atoms with Gasteiger partial charge in [-0.25, -0.2) is 12.8 Å². The Labute approximate surface area is 159 Å². The monoisotopic (exact) mass is 394 g/mol. The first-order chi connectivity index (χ1) is 12.8. The molecule has 1 N–H and O–H groups in total. The molecule has 0 aliphatic carbocycles. The molecule has 0 fully saturated rings. The van der Waals surface area contributed by atoms with Crippen molar-refractivity contribution >= 4 is 21.6 Å². The van der Waals surface area contributed by atoms with Gasteiger partial charge < -0.3 is 10.1 Å². The lowest BCUT2D eigenvalue weighted by atomic mass is 10.1. The van der Waals surface area contributed by atoms with E-state index in [9.17, 15) is 17.6 Å². The van der Waals surface area contributed by atoms with Gasteiger partial charge in [-0.15, -0.1) is 0 Å². The molecule has 27 heavy (non-hydrogen) atoms. The van der Waals surface area contributed by atoms with E-state index < -0.39 is 15.9 Å². The minimum atomic E-state index is -3.63. The highest BCUT2D eigenvalue weighted by atomic mass is 32.2. The molecule has 2 aromatic carbocycles. The zero-order chi connectivity index (χ0) is 19.9. The van der Waals surface area contributed by atoms with E-state index in [4.69, 9.17) is 4.74 Å². The van der Waals surface area contributed by atoms with E-state index in [1.807, 2.05) is 0 Å². The van der Waals surface area contributed by atoms with Crippen molar-refractivity contribution in [2.75, 3.05) is 30.8 Å². The zero-order valence-electron chi connectivity index (χ0n) is 15.3. The number of benzene rings is 2. The maximum atomic E-state index is 12.9. The first-order valence-electron chi connectivity index (χ1n) is 8.42. The average molecular weight is 394 g/mol. The van der Waals surface area contributed by atoms with E-state index in [1.165, 1.54) is 19.2 Å². The van der Waals surface area contributed by atoms with Crippen molar-refractivity contribution in [1.82, 2.24) is 5.32 Å². The molecule has 146 valence electrons. The summed E-state index contributed by atoms with van der Waals surface area (Å²) in [5.74, 6) is -0.186. The summed E-state index contributed by atoms with van der Waals surface area (Å²) in [5, 5.41) is 2.71. The predicted molar refractivity (Wildman–Crippen MR) is 103 cm³/mol. The minimum Gasteiger partial charge on any atom is -0.497 e. The van der Waals surface area contributed by atoms with Crippen LogP contribution in [0.5, 0.6) is 5.75 Å². The molecule has 0 aliphatic heterocycles. The van der Waals surface area contributed by atoms with Crippen LogP contribution in [0, 0.1) is 5.82 Å². The molecule has 6 nitrogen and oxygen atoms in total. The Balaban J connectivity index is 1.91. The second kappa shape index (κ2) is 9.36. The van der Waals surface area contributed by atoms with Crippen molar-refractivity contribution in [2.45, 2.75) is 12.8 Å². The first-order valence-corrected chi connectivity index (χ1v) is 10.3. The number of sulfonamides is 1. The van der Waals surface area contributed by atoms with Gasteiger partial charge in [0.05, 0.1) is 19.1 Å². The van der Waals surface area contributed by atoms with Gasteiger partial charge in [0.2, 0.25) is 15.9 Å². The van der Waals surface area contributed by atoms with Gasteiger partial charge in [-0.3, -0.25) is 9.10 Å². The Bertz CT molecular complexity index is 870. The van der Waals surface area contributed by atoms with Gasteiger partial charge in [0.1, 0.15) is 18.1 Å². The number of aryl methyl sites for hydroxylation is 1. The first kappa shape index (κ1) is 20.7. The highest BCUT2D eigenvalue weighted by Gasteiger charge is 2.21. The van der Waals surface area contributed by atoms with Crippen LogP contribution in [0.3, 0.4) is 0 Å². The molecule has 0 aliphatic rings. The lowest BCUT2D eigenvalue weighted by Gasteiger charge is -2.22. The van der Waals surface area contributed by atoms with Crippen molar-refractivity contribution in [3.8, 4) is 5.75 Å². The fourth-order valence-corrected chi connectivity index (χ4v) is 3.37. The summed E-state index contributed by atoms with van der Waals surface area (Å²) >= 11 is 0. The van der Waals surface area contributed by atoms with Gasteiger partial charge >= 0.3 is 0 Å². The van der Waals surface area contributed by atoms with Crippen LogP contribution in [0.25, 0.3) is 0 Å². The molecule has 8 heteroatoms. The molecule has 0 spiro atoms.